The van der Waals surface area contributed by atoms with Crippen LogP contribution in [-0.4, -0.2) is 35.6 Å². The molecule has 1 atom stereocenters. The van der Waals surface area contributed by atoms with E-state index in [1.807, 2.05) is 0 Å². The molecule has 0 amide bonds. The molecule has 30 heavy (non-hydrogen) atoms. The molecule has 0 saturated heterocycles. The molecule has 4 rings (SSSR count). The second kappa shape index (κ2) is 7.74. The minimum absolute atomic E-state index is 0.119. The summed E-state index contributed by atoms with van der Waals surface area (Å²) in [7, 11) is 0. The SMILES string of the molecule is C[C@@H](Nc1ccc2ncc(-c3cc(CC(=O)O)ccn3)n2n1)c1cc(F)c[nH]c1=O. The number of hydrogen-bond acceptors (Lipinski definition) is 6. The van der Waals surface area contributed by atoms with Crippen LogP contribution in [0.1, 0.15) is 24.1 Å². The zero-order chi connectivity index (χ0) is 21.3. The number of carbonyl (C=O) groups is 1. The van der Waals surface area contributed by atoms with Crippen molar-refractivity contribution in [3.05, 3.63) is 76.2 Å². The van der Waals surface area contributed by atoms with Crippen molar-refractivity contribution in [2.45, 2.75) is 19.4 Å². The number of carboxylic acids is 1. The van der Waals surface area contributed by atoms with E-state index in [1.54, 1.807) is 41.9 Å². The van der Waals surface area contributed by atoms with E-state index in [2.05, 4.69) is 25.4 Å². The van der Waals surface area contributed by atoms with Crippen LogP contribution in [0.15, 0.2) is 53.7 Å². The summed E-state index contributed by atoms with van der Waals surface area (Å²) in [6.07, 6.45) is 4.02. The highest BCUT2D eigenvalue weighted by atomic mass is 19.1. The smallest absolute Gasteiger partial charge is 0.307 e. The van der Waals surface area contributed by atoms with Gasteiger partial charge < -0.3 is 15.4 Å². The van der Waals surface area contributed by atoms with Crippen molar-refractivity contribution in [3.63, 3.8) is 0 Å². The molecular formula is C20H17FN6O3. The van der Waals surface area contributed by atoms with Gasteiger partial charge in [-0.3, -0.25) is 14.6 Å². The van der Waals surface area contributed by atoms with Gasteiger partial charge in [0.2, 0.25) is 0 Å². The lowest BCUT2D eigenvalue weighted by Gasteiger charge is -2.14. The van der Waals surface area contributed by atoms with Crippen LogP contribution in [-0.2, 0) is 11.2 Å². The minimum Gasteiger partial charge on any atom is -0.481 e. The molecule has 0 radical (unpaired) electrons. The topological polar surface area (TPSA) is 125 Å². The van der Waals surface area contributed by atoms with Gasteiger partial charge in [-0.2, -0.15) is 0 Å². The van der Waals surface area contributed by atoms with Crippen LogP contribution >= 0.6 is 0 Å². The van der Waals surface area contributed by atoms with Crippen LogP contribution in [0.5, 0.6) is 0 Å². The summed E-state index contributed by atoms with van der Waals surface area (Å²) >= 11 is 0. The highest BCUT2D eigenvalue weighted by molar-refractivity contribution is 5.71. The van der Waals surface area contributed by atoms with Crippen molar-refractivity contribution in [3.8, 4) is 11.4 Å². The molecule has 0 saturated carbocycles. The van der Waals surface area contributed by atoms with E-state index >= 15 is 0 Å². The summed E-state index contributed by atoms with van der Waals surface area (Å²) in [4.78, 5) is 33.9. The van der Waals surface area contributed by atoms with Gasteiger partial charge >= 0.3 is 5.97 Å². The number of aromatic amines is 1. The molecule has 0 spiro atoms. The largest absolute Gasteiger partial charge is 0.481 e. The van der Waals surface area contributed by atoms with Gasteiger partial charge in [-0.1, -0.05) is 0 Å². The standard InChI is InChI=1S/C20H17FN6O3/c1-11(14-8-13(21)9-24-20(14)30)25-17-2-3-18-23-10-16(27(18)26-17)15-6-12(4-5-22-15)7-19(28)29/h2-6,8-11H,7H2,1H3,(H,24,30)(H,25,26)(H,28,29)/t11-/m1/s1. The normalized spacial score (nSPS) is 12.1. The van der Waals surface area contributed by atoms with Gasteiger partial charge in [0, 0.05) is 18.0 Å². The number of halogens is 1. The average Bonchev–Trinajstić information content (AvgIpc) is 3.12. The molecule has 0 aliphatic heterocycles. The summed E-state index contributed by atoms with van der Waals surface area (Å²) < 4.78 is 15.1. The Kier molecular flexibility index (Phi) is 4.97. The predicted octanol–water partition coefficient (Wildman–Crippen LogP) is 2.42. The van der Waals surface area contributed by atoms with Gasteiger partial charge in [-0.05, 0) is 42.8 Å². The number of nitrogens with one attached hydrogen (secondary N) is 2. The van der Waals surface area contributed by atoms with Gasteiger partial charge in [0.15, 0.2) is 5.65 Å². The molecule has 4 aromatic rings. The molecule has 4 heterocycles. The molecule has 0 bridgehead atoms. The van der Waals surface area contributed by atoms with Crippen molar-refractivity contribution >= 4 is 17.4 Å². The van der Waals surface area contributed by atoms with E-state index in [9.17, 15) is 14.0 Å². The maximum Gasteiger partial charge on any atom is 0.307 e. The van der Waals surface area contributed by atoms with Crippen LogP contribution in [0.2, 0.25) is 0 Å². The molecule has 0 unspecified atom stereocenters. The van der Waals surface area contributed by atoms with Gasteiger partial charge in [0.05, 0.1) is 24.4 Å². The van der Waals surface area contributed by atoms with Gasteiger partial charge in [-0.15, -0.1) is 5.10 Å². The van der Waals surface area contributed by atoms with Gasteiger partial charge in [0.25, 0.3) is 5.56 Å². The lowest BCUT2D eigenvalue weighted by molar-refractivity contribution is -0.136. The maximum atomic E-state index is 13.5. The third-order valence-corrected chi connectivity index (χ3v) is 4.53. The first kappa shape index (κ1) is 19.2. The number of imidazole rings is 1. The Morgan fingerprint density at radius 3 is 2.93 bits per heavy atom. The van der Waals surface area contributed by atoms with Crippen LogP contribution < -0.4 is 10.9 Å². The van der Waals surface area contributed by atoms with Crippen molar-refractivity contribution in [2.24, 2.45) is 0 Å². The molecule has 10 heteroatoms. The van der Waals surface area contributed by atoms with E-state index in [-0.39, 0.29) is 17.5 Å². The fraction of sp³-hybridized carbons (Fsp3) is 0.150. The number of aromatic nitrogens is 5. The van der Waals surface area contributed by atoms with Crippen molar-refractivity contribution < 1.29 is 14.3 Å². The van der Waals surface area contributed by atoms with E-state index < -0.39 is 17.8 Å². The van der Waals surface area contributed by atoms with Crippen molar-refractivity contribution in [1.29, 1.82) is 0 Å². The first-order chi connectivity index (χ1) is 14.4. The average molecular weight is 408 g/mol. The van der Waals surface area contributed by atoms with E-state index in [0.29, 0.717) is 28.4 Å². The van der Waals surface area contributed by atoms with Crippen LogP contribution in [0.25, 0.3) is 17.0 Å². The Bertz CT molecular complexity index is 1300. The number of H-pyrrole nitrogens is 1. The molecule has 0 fully saturated rings. The summed E-state index contributed by atoms with van der Waals surface area (Å²) in [5.74, 6) is -1.03. The monoisotopic (exact) mass is 408 g/mol. The number of pyridine rings is 2. The summed E-state index contributed by atoms with van der Waals surface area (Å²) in [5.41, 5.74) is 2.14. The third-order valence-electron chi connectivity index (χ3n) is 4.53. The third kappa shape index (κ3) is 3.88. The van der Waals surface area contributed by atoms with Crippen molar-refractivity contribution in [2.75, 3.05) is 5.32 Å². The Morgan fingerprint density at radius 2 is 2.13 bits per heavy atom. The lowest BCUT2D eigenvalue weighted by atomic mass is 10.1. The van der Waals surface area contributed by atoms with Gasteiger partial charge in [-0.25, -0.2) is 13.9 Å². The summed E-state index contributed by atoms with van der Waals surface area (Å²) in [5, 5.41) is 16.6. The Morgan fingerprint density at radius 1 is 1.30 bits per heavy atom. The second-order valence-corrected chi connectivity index (χ2v) is 6.72. The highest BCUT2D eigenvalue weighted by Gasteiger charge is 2.14. The molecule has 3 N–H and O–H groups in total. The quantitative estimate of drug-likeness (QED) is 0.447. The number of anilines is 1. The van der Waals surface area contributed by atoms with Crippen LogP contribution in [0.4, 0.5) is 10.2 Å². The van der Waals surface area contributed by atoms with E-state index in [1.165, 1.54) is 12.3 Å². The molecule has 9 nitrogen and oxygen atoms in total. The van der Waals surface area contributed by atoms with Crippen molar-refractivity contribution in [1.82, 2.24) is 24.6 Å². The summed E-state index contributed by atoms with van der Waals surface area (Å²) in [6.45, 7) is 1.72. The molecule has 152 valence electrons. The zero-order valence-electron chi connectivity index (χ0n) is 15.8. The second-order valence-electron chi connectivity index (χ2n) is 6.72. The number of carboxylic acid groups (broad SMARTS) is 1. The molecule has 4 aromatic heterocycles. The number of rotatable bonds is 6. The van der Waals surface area contributed by atoms with Gasteiger partial charge in [0.1, 0.15) is 17.3 Å². The fourth-order valence-corrected chi connectivity index (χ4v) is 3.12. The number of nitrogens with zero attached hydrogens (tertiary/aromatic N) is 4. The minimum atomic E-state index is -0.934. The van der Waals surface area contributed by atoms with E-state index in [4.69, 9.17) is 5.11 Å². The number of hydrogen-bond donors (Lipinski definition) is 3. The molecule has 0 aliphatic rings. The number of fused-ring (bicyclic) bond motifs is 1. The Labute approximate surface area is 169 Å². The summed E-state index contributed by atoms with van der Waals surface area (Å²) in [6, 6.07) is 7.43. The first-order valence-electron chi connectivity index (χ1n) is 9.07. The molecular weight excluding hydrogens is 391 g/mol. The molecule has 0 aliphatic carbocycles. The zero-order valence-corrected chi connectivity index (χ0v) is 15.8. The first-order valence-corrected chi connectivity index (χ1v) is 9.07. The Balaban J connectivity index is 1.67. The maximum absolute atomic E-state index is 13.5. The number of aliphatic carboxylic acids is 1. The fourth-order valence-electron chi connectivity index (χ4n) is 3.12. The predicted molar refractivity (Wildman–Crippen MR) is 107 cm³/mol. The Hall–Kier alpha value is -4.08. The molecule has 0 aromatic carbocycles. The van der Waals surface area contributed by atoms with Crippen LogP contribution in [0.3, 0.4) is 0 Å². The van der Waals surface area contributed by atoms with E-state index in [0.717, 1.165) is 6.20 Å². The lowest BCUT2D eigenvalue weighted by Crippen LogP contribution is -2.20. The highest BCUT2D eigenvalue weighted by Crippen LogP contribution is 2.21. The van der Waals surface area contributed by atoms with Crippen LogP contribution in [0, 0.1) is 5.82 Å².